The molecule has 0 spiro atoms. The van der Waals surface area contributed by atoms with E-state index in [0.717, 1.165) is 0 Å². The molecule has 0 amide bonds. The minimum absolute atomic E-state index is 0.181. The maximum Gasteiger partial charge on any atom is 0.267 e. The lowest BCUT2D eigenvalue weighted by molar-refractivity contribution is 0.455. The zero-order valence-electron chi connectivity index (χ0n) is 5.26. The second kappa shape index (κ2) is 2.10. The minimum Gasteiger partial charge on any atom is -0.504 e. The standard InChI is InChI=1S/C7H6O3/c1-2-3-4-5(8)7(10)6(4)9/h2,8H,1,3H2. The summed E-state index contributed by atoms with van der Waals surface area (Å²) in [4.78, 5) is 20.9. The predicted octanol–water partition coefficient (Wildman–Crippen LogP) is -0.283. The van der Waals surface area contributed by atoms with E-state index < -0.39 is 16.6 Å². The summed E-state index contributed by atoms with van der Waals surface area (Å²) in [5.74, 6) is -0.398. The smallest absolute Gasteiger partial charge is 0.267 e. The fourth-order valence-corrected chi connectivity index (χ4v) is 0.760. The summed E-state index contributed by atoms with van der Waals surface area (Å²) in [7, 11) is 0. The van der Waals surface area contributed by atoms with Gasteiger partial charge in [-0.05, 0) is 6.42 Å². The summed E-state index contributed by atoms with van der Waals surface area (Å²) in [6, 6.07) is 0. The van der Waals surface area contributed by atoms with E-state index in [-0.39, 0.29) is 12.0 Å². The Morgan fingerprint density at radius 3 is 2.40 bits per heavy atom. The first kappa shape index (κ1) is 6.74. The highest BCUT2D eigenvalue weighted by Gasteiger charge is 2.17. The van der Waals surface area contributed by atoms with E-state index in [4.69, 9.17) is 5.11 Å². The first-order chi connectivity index (χ1) is 4.68. The van der Waals surface area contributed by atoms with Crippen LogP contribution in [0.25, 0.3) is 0 Å². The molecule has 0 fully saturated rings. The maximum absolute atomic E-state index is 10.5. The molecule has 0 aliphatic carbocycles. The molecule has 1 rings (SSSR count). The lowest BCUT2D eigenvalue weighted by Crippen LogP contribution is -2.34. The summed E-state index contributed by atoms with van der Waals surface area (Å²) >= 11 is 0. The Labute approximate surface area is 56.9 Å². The third kappa shape index (κ3) is 0.673. The van der Waals surface area contributed by atoms with Crippen LogP contribution in [0.3, 0.4) is 0 Å². The van der Waals surface area contributed by atoms with Crippen LogP contribution in [0.15, 0.2) is 22.2 Å². The zero-order chi connectivity index (χ0) is 7.72. The summed E-state index contributed by atoms with van der Waals surface area (Å²) in [5, 5.41) is 8.74. The van der Waals surface area contributed by atoms with Crippen molar-refractivity contribution in [3.8, 4) is 5.75 Å². The first-order valence-corrected chi connectivity index (χ1v) is 2.80. The molecule has 0 aliphatic rings. The lowest BCUT2D eigenvalue weighted by Gasteiger charge is -1.99. The van der Waals surface area contributed by atoms with Crippen molar-refractivity contribution in [3.63, 3.8) is 0 Å². The lowest BCUT2D eigenvalue weighted by atomic mass is 10.1. The monoisotopic (exact) mass is 138 g/mol. The molecule has 0 atom stereocenters. The van der Waals surface area contributed by atoms with E-state index in [2.05, 4.69) is 6.58 Å². The Morgan fingerprint density at radius 1 is 1.40 bits per heavy atom. The average Bonchev–Trinajstić information content (AvgIpc) is 1.98. The summed E-state index contributed by atoms with van der Waals surface area (Å²) in [6.45, 7) is 3.37. The van der Waals surface area contributed by atoms with Gasteiger partial charge in [-0.15, -0.1) is 6.58 Å². The number of allylic oxidation sites excluding steroid dienone is 1. The van der Waals surface area contributed by atoms with Crippen LogP contribution in [0.4, 0.5) is 0 Å². The van der Waals surface area contributed by atoms with Crippen molar-refractivity contribution in [2.24, 2.45) is 0 Å². The molecule has 0 radical (unpaired) electrons. The van der Waals surface area contributed by atoms with E-state index in [0.29, 0.717) is 0 Å². The van der Waals surface area contributed by atoms with Gasteiger partial charge < -0.3 is 5.11 Å². The Balaban J connectivity index is 3.10. The van der Waals surface area contributed by atoms with Crippen LogP contribution < -0.4 is 10.9 Å². The SMILES string of the molecule is C=CCc1c(O)c(=O)c1=O. The molecule has 0 heterocycles. The van der Waals surface area contributed by atoms with E-state index >= 15 is 0 Å². The van der Waals surface area contributed by atoms with Gasteiger partial charge in [0.2, 0.25) is 5.43 Å². The average molecular weight is 138 g/mol. The van der Waals surface area contributed by atoms with Gasteiger partial charge >= 0.3 is 0 Å². The van der Waals surface area contributed by atoms with Crippen molar-refractivity contribution in [2.75, 3.05) is 0 Å². The quantitative estimate of drug-likeness (QED) is 0.451. The van der Waals surface area contributed by atoms with E-state index in [1.54, 1.807) is 0 Å². The highest BCUT2D eigenvalue weighted by molar-refractivity contribution is 5.39. The fraction of sp³-hybridized carbons (Fsp3) is 0.143. The minimum atomic E-state index is -0.781. The van der Waals surface area contributed by atoms with Gasteiger partial charge in [0.05, 0.1) is 5.56 Å². The molecule has 10 heavy (non-hydrogen) atoms. The predicted molar refractivity (Wildman–Crippen MR) is 36.9 cm³/mol. The molecule has 1 aromatic carbocycles. The van der Waals surface area contributed by atoms with Crippen LogP contribution >= 0.6 is 0 Å². The molecule has 52 valence electrons. The first-order valence-electron chi connectivity index (χ1n) is 2.80. The molecule has 1 aromatic rings. The van der Waals surface area contributed by atoms with Crippen molar-refractivity contribution in [3.05, 3.63) is 38.7 Å². The number of rotatable bonds is 2. The molecule has 3 nitrogen and oxygen atoms in total. The molecule has 0 unspecified atom stereocenters. The van der Waals surface area contributed by atoms with Gasteiger partial charge in [0.15, 0.2) is 5.75 Å². The molecule has 3 heteroatoms. The van der Waals surface area contributed by atoms with Crippen molar-refractivity contribution < 1.29 is 5.11 Å². The van der Waals surface area contributed by atoms with E-state index in [9.17, 15) is 9.59 Å². The summed E-state index contributed by atoms with van der Waals surface area (Å²) < 4.78 is 0. The van der Waals surface area contributed by atoms with Crippen LogP contribution in [-0.2, 0) is 6.42 Å². The van der Waals surface area contributed by atoms with E-state index in [1.165, 1.54) is 6.08 Å². The molecule has 1 N–H and O–H groups in total. The Hall–Kier alpha value is -1.38. The Morgan fingerprint density at radius 2 is 2.00 bits per heavy atom. The molecule has 0 aliphatic heterocycles. The molecular formula is C7H6O3. The van der Waals surface area contributed by atoms with Crippen molar-refractivity contribution >= 4 is 0 Å². The largest absolute Gasteiger partial charge is 0.504 e. The molecule has 0 bridgehead atoms. The number of hydrogen-bond donors (Lipinski definition) is 1. The van der Waals surface area contributed by atoms with Gasteiger partial charge in [-0.25, -0.2) is 0 Å². The normalized spacial score (nSPS) is 10.0. The highest BCUT2D eigenvalue weighted by Crippen LogP contribution is 2.07. The van der Waals surface area contributed by atoms with Gasteiger partial charge in [-0.1, -0.05) is 6.08 Å². The molecule has 0 aromatic heterocycles. The van der Waals surface area contributed by atoms with Gasteiger partial charge in [-0.3, -0.25) is 9.59 Å². The number of hydrogen-bond acceptors (Lipinski definition) is 3. The molecular weight excluding hydrogens is 132 g/mol. The van der Waals surface area contributed by atoms with Crippen LogP contribution in [0.2, 0.25) is 0 Å². The molecule has 0 saturated carbocycles. The van der Waals surface area contributed by atoms with Gasteiger partial charge in [0.25, 0.3) is 5.43 Å². The van der Waals surface area contributed by atoms with Crippen molar-refractivity contribution in [2.45, 2.75) is 6.42 Å². The highest BCUT2D eigenvalue weighted by atomic mass is 16.3. The third-order valence-corrected chi connectivity index (χ3v) is 1.33. The van der Waals surface area contributed by atoms with Gasteiger partial charge in [0.1, 0.15) is 0 Å². The second-order valence-electron chi connectivity index (χ2n) is 1.98. The Bertz CT molecular complexity index is 328. The van der Waals surface area contributed by atoms with E-state index in [1.807, 2.05) is 0 Å². The zero-order valence-corrected chi connectivity index (χ0v) is 5.26. The number of aromatic hydroxyl groups is 1. The Kier molecular flexibility index (Phi) is 1.41. The summed E-state index contributed by atoms with van der Waals surface area (Å²) in [5.41, 5.74) is -1.19. The van der Waals surface area contributed by atoms with Gasteiger partial charge in [0, 0.05) is 0 Å². The summed E-state index contributed by atoms with van der Waals surface area (Å²) in [6.07, 6.45) is 1.74. The van der Waals surface area contributed by atoms with Crippen LogP contribution in [0.5, 0.6) is 5.75 Å². The van der Waals surface area contributed by atoms with Gasteiger partial charge in [-0.2, -0.15) is 0 Å². The topological polar surface area (TPSA) is 54.4 Å². The van der Waals surface area contributed by atoms with Crippen LogP contribution in [0, 0.1) is 0 Å². The van der Waals surface area contributed by atoms with Crippen LogP contribution in [-0.4, -0.2) is 5.11 Å². The van der Waals surface area contributed by atoms with Crippen molar-refractivity contribution in [1.29, 1.82) is 0 Å². The maximum atomic E-state index is 10.5. The second-order valence-corrected chi connectivity index (χ2v) is 1.98. The van der Waals surface area contributed by atoms with Crippen LogP contribution in [0.1, 0.15) is 5.56 Å². The van der Waals surface area contributed by atoms with Crippen molar-refractivity contribution in [1.82, 2.24) is 0 Å². The molecule has 0 saturated heterocycles. The fourth-order valence-electron chi connectivity index (χ4n) is 0.760. The third-order valence-electron chi connectivity index (χ3n) is 1.33.